The predicted molar refractivity (Wildman–Crippen MR) is 83.0 cm³/mol. The van der Waals surface area contributed by atoms with Crippen molar-refractivity contribution in [2.75, 3.05) is 32.0 Å². The molecule has 0 radical (unpaired) electrons. The zero-order valence-corrected chi connectivity index (χ0v) is 12.9. The van der Waals surface area contributed by atoms with E-state index in [1.807, 2.05) is 14.0 Å². The third-order valence-corrected chi connectivity index (χ3v) is 4.18. The molecule has 116 valence electrons. The van der Waals surface area contributed by atoms with Crippen LogP contribution in [0, 0.1) is 5.92 Å². The van der Waals surface area contributed by atoms with Gasteiger partial charge in [-0.2, -0.15) is 0 Å². The molecule has 2 rings (SSSR count). The minimum Gasteiger partial charge on any atom is -0.320 e. The molecule has 0 spiro atoms. The van der Waals surface area contributed by atoms with E-state index in [1.165, 1.54) is 19.3 Å². The van der Waals surface area contributed by atoms with Gasteiger partial charge in [-0.1, -0.05) is 0 Å². The van der Waals surface area contributed by atoms with Crippen molar-refractivity contribution in [2.45, 2.75) is 32.2 Å². The molecule has 0 bridgehead atoms. The minimum absolute atomic E-state index is 0.0325. The predicted octanol–water partition coefficient (Wildman–Crippen LogP) is 1.13. The summed E-state index contributed by atoms with van der Waals surface area (Å²) in [6, 6.07) is 1.59. The molecule has 0 aromatic carbocycles. The van der Waals surface area contributed by atoms with Crippen LogP contribution < -0.4 is 10.6 Å². The number of nitrogens with one attached hydrogen (secondary N) is 2. The van der Waals surface area contributed by atoms with E-state index < -0.39 is 0 Å². The maximum absolute atomic E-state index is 12.2. The number of aromatic nitrogens is 2. The lowest BCUT2D eigenvalue weighted by Gasteiger charge is -2.35. The van der Waals surface area contributed by atoms with Gasteiger partial charge in [0.05, 0.1) is 6.04 Å². The largest absolute Gasteiger partial charge is 0.320 e. The van der Waals surface area contributed by atoms with Gasteiger partial charge in [-0.25, -0.2) is 9.97 Å². The standard InChI is InChI=1S/C15H25N5O/c1-12(14(21)19-15-17-7-3-8-18-15)20-10-5-13(6-11-20)4-9-16-2/h3,7-8,12-13,16H,4-6,9-11H2,1-2H3,(H,17,18,19,21). The van der Waals surface area contributed by atoms with Gasteiger partial charge in [-0.3, -0.25) is 15.0 Å². The van der Waals surface area contributed by atoms with Crippen molar-refractivity contribution in [3.05, 3.63) is 18.5 Å². The summed E-state index contributed by atoms with van der Waals surface area (Å²) in [5.74, 6) is 1.12. The van der Waals surface area contributed by atoms with Gasteiger partial charge in [0.1, 0.15) is 0 Å². The van der Waals surface area contributed by atoms with Crippen molar-refractivity contribution in [3.63, 3.8) is 0 Å². The van der Waals surface area contributed by atoms with Crippen molar-refractivity contribution >= 4 is 11.9 Å². The second-order valence-electron chi connectivity index (χ2n) is 5.61. The van der Waals surface area contributed by atoms with E-state index >= 15 is 0 Å². The van der Waals surface area contributed by atoms with Crippen LogP contribution in [0.1, 0.15) is 26.2 Å². The van der Waals surface area contributed by atoms with Gasteiger partial charge in [0.25, 0.3) is 0 Å². The quantitative estimate of drug-likeness (QED) is 0.822. The topological polar surface area (TPSA) is 70.2 Å². The fraction of sp³-hybridized carbons (Fsp3) is 0.667. The third kappa shape index (κ3) is 4.75. The zero-order chi connectivity index (χ0) is 15.1. The van der Waals surface area contributed by atoms with Crippen LogP contribution in [0.25, 0.3) is 0 Å². The van der Waals surface area contributed by atoms with Gasteiger partial charge in [0.15, 0.2) is 0 Å². The molecule has 2 heterocycles. The highest BCUT2D eigenvalue weighted by atomic mass is 16.2. The molecular weight excluding hydrogens is 266 g/mol. The minimum atomic E-state index is -0.140. The van der Waals surface area contributed by atoms with Crippen LogP contribution in [0.5, 0.6) is 0 Å². The van der Waals surface area contributed by atoms with Crippen molar-refractivity contribution in [2.24, 2.45) is 5.92 Å². The van der Waals surface area contributed by atoms with Crippen molar-refractivity contribution < 1.29 is 4.79 Å². The van der Waals surface area contributed by atoms with Gasteiger partial charge in [0, 0.05) is 12.4 Å². The van der Waals surface area contributed by atoms with E-state index in [0.29, 0.717) is 5.95 Å². The molecule has 1 fully saturated rings. The van der Waals surface area contributed by atoms with Crippen LogP contribution in [0.4, 0.5) is 5.95 Å². The highest BCUT2D eigenvalue weighted by Crippen LogP contribution is 2.21. The fourth-order valence-electron chi connectivity index (χ4n) is 2.72. The molecule has 21 heavy (non-hydrogen) atoms. The van der Waals surface area contributed by atoms with Crippen LogP contribution in [0.3, 0.4) is 0 Å². The van der Waals surface area contributed by atoms with Crippen LogP contribution in [0.15, 0.2) is 18.5 Å². The monoisotopic (exact) mass is 291 g/mol. The third-order valence-electron chi connectivity index (χ3n) is 4.18. The first-order valence-corrected chi connectivity index (χ1v) is 7.67. The number of amides is 1. The van der Waals surface area contributed by atoms with Gasteiger partial charge in [0.2, 0.25) is 11.9 Å². The maximum Gasteiger partial charge on any atom is 0.243 e. The number of likely N-dealkylation sites (tertiary alicyclic amines) is 1. The number of nitrogens with zero attached hydrogens (tertiary/aromatic N) is 3. The Kier molecular flexibility index (Phi) is 6.07. The zero-order valence-electron chi connectivity index (χ0n) is 12.9. The maximum atomic E-state index is 12.2. The van der Waals surface area contributed by atoms with Crippen LogP contribution in [-0.4, -0.2) is 53.5 Å². The Morgan fingerprint density at radius 3 is 2.67 bits per heavy atom. The van der Waals surface area contributed by atoms with Gasteiger partial charge < -0.3 is 5.32 Å². The number of carbonyl (C=O) groups is 1. The molecule has 2 N–H and O–H groups in total. The smallest absolute Gasteiger partial charge is 0.243 e. The lowest BCUT2D eigenvalue weighted by Crippen LogP contribution is -2.46. The van der Waals surface area contributed by atoms with Gasteiger partial charge >= 0.3 is 0 Å². The van der Waals surface area contributed by atoms with Gasteiger partial charge in [-0.15, -0.1) is 0 Å². The summed E-state index contributed by atoms with van der Waals surface area (Å²) in [5.41, 5.74) is 0. The molecule has 0 aliphatic carbocycles. The summed E-state index contributed by atoms with van der Waals surface area (Å²) in [6.07, 6.45) is 6.81. The van der Waals surface area contributed by atoms with E-state index in [-0.39, 0.29) is 11.9 Å². The van der Waals surface area contributed by atoms with Crippen LogP contribution in [-0.2, 0) is 4.79 Å². The van der Waals surface area contributed by atoms with E-state index in [9.17, 15) is 4.79 Å². The molecule has 1 unspecified atom stereocenters. The number of hydrogen-bond donors (Lipinski definition) is 2. The SMILES string of the molecule is CNCCC1CCN(C(C)C(=O)Nc2ncccn2)CC1. The van der Waals surface area contributed by atoms with E-state index in [2.05, 4.69) is 25.5 Å². The summed E-state index contributed by atoms with van der Waals surface area (Å²) in [4.78, 5) is 22.5. The molecule has 1 saturated heterocycles. The Morgan fingerprint density at radius 1 is 1.38 bits per heavy atom. The molecule has 1 amide bonds. The Morgan fingerprint density at radius 2 is 2.05 bits per heavy atom. The second-order valence-corrected chi connectivity index (χ2v) is 5.61. The van der Waals surface area contributed by atoms with E-state index in [1.54, 1.807) is 18.5 Å². The molecule has 1 aliphatic rings. The van der Waals surface area contributed by atoms with Crippen molar-refractivity contribution in [1.82, 2.24) is 20.2 Å². The molecule has 1 atom stereocenters. The lowest BCUT2D eigenvalue weighted by molar-refractivity contribution is -0.121. The second kappa shape index (κ2) is 8.05. The Hall–Kier alpha value is -1.53. The normalized spacial score (nSPS) is 18.4. The fourth-order valence-corrected chi connectivity index (χ4v) is 2.72. The number of hydrogen-bond acceptors (Lipinski definition) is 5. The van der Waals surface area contributed by atoms with E-state index in [0.717, 1.165) is 25.6 Å². The Balaban J connectivity index is 1.78. The first-order chi connectivity index (χ1) is 10.2. The Bertz CT molecular complexity index is 431. The molecule has 1 aromatic heterocycles. The summed E-state index contributed by atoms with van der Waals surface area (Å²) >= 11 is 0. The summed E-state index contributed by atoms with van der Waals surface area (Å²) in [7, 11) is 1.99. The van der Waals surface area contributed by atoms with Crippen molar-refractivity contribution in [1.29, 1.82) is 0 Å². The van der Waals surface area contributed by atoms with Crippen molar-refractivity contribution in [3.8, 4) is 0 Å². The average Bonchev–Trinajstić information content (AvgIpc) is 2.53. The molecule has 6 nitrogen and oxygen atoms in total. The van der Waals surface area contributed by atoms with Crippen LogP contribution >= 0.6 is 0 Å². The first kappa shape index (κ1) is 15.9. The molecular formula is C15H25N5O. The molecule has 6 heteroatoms. The first-order valence-electron chi connectivity index (χ1n) is 7.67. The number of carbonyl (C=O) groups excluding carboxylic acids is 1. The Labute approximate surface area is 126 Å². The summed E-state index contributed by atoms with van der Waals surface area (Å²) < 4.78 is 0. The molecule has 1 aliphatic heterocycles. The number of rotatable bonds is 6. The molecule has 0 saturated carbocycles. The molecule has 1 aromatic rings. The number of piperidine rings is 1. The van der Waals surface area contributed by atoms with E-state index in [4.69, 9.17) is 0 Å². The average molecular weight is 291 g/mol. The number of anilines is 1. The summed E-state index contributed by atoms with van der Waals surface area (Å²) in [6.45, 7) is 5.00. The van der Waals surface area contributed by atoms with Crippen LogP contribution in [0.2, 0.25) is 0 Å². The highest BCUT2D eigenvalue weighted by Gasteiger charge is 2.26. The lowest BCUT2D eigenvalue weighted by atomic mass is 9.93. The van der Waals surface area contributed by atoms with Gasteiger partial charge in [-0.05, 0) is 64.9 Å². The highest BCUT2D eigenvalue weighted by molar-refractivity contribution is 5.93. The summed E-state index contributed by atoms with van der Waals surface area (Å²) in [5, 5.41) is 5.97.